The summed E-state index contributed by atoms with van der Waals surface area (Å²) < 4.78 is 28.5. The van der Waals surface area contributed by atoms with Crippen molar-refractivity contribution in [1.29, 1.82) is 0 Å². The van der Waals surface area contributed by atoms with Gasteiger partial charge in [-0.25, -0.2) is 4.79 Å². The number of esters is 3. The fourth-order valence-corrected chi connectivity index (χ4v) is 9.65. The Morgan fingerprint density at radius 2 is 0.760 bits per heavy atom. The minimum Gasteiger partial charge on any atom is -0.479 e. The van der Waals surface area contributed by atoms with E-state index in [0.717, 1.165) is 96.3 Å². The number of unbranched alkanes of at least 4 members (excludes halogenated alkanes) is 36. The average Bonchev–Trinajstić information content (AvgIpc) is 3.39. The molecule has 1 aliphatic rings. The van der Waals surface area contributed by atoms with Crippen LogP contribution in [0.1, 0.15) is 303 Å². The molecule has 438 valence electrons. The third-order valence-corrected chi connectivity index (χ3v) is 14.5. The van der Waals surface area contributed by atoms with E-state index in [2.05, 4.69) is 45.1 Å². The van der Waals surface area contributed by atoms with E-state index >= 15 is 0 Å². The predicted octanol–water partition coefficient (Wildman–Crippen LogP) is 16.2. The number of carboxylic acids is 1. The molecule has 0 spiro atoms. The molecule has 75 heavy (non-hydrogen) atoms. The molecule has 0 bridgehead atoms. The van der Waals surface area contributed by atoms with Crippen LogP contribution in [0.3, 0.4) is 0 Å². The second-order valence-corrected chi connectivity index (χ2v) is 21.7. The highest BCUT2D eigenvalue weighted by Gasteiger charge is 2.50. The molecule has 1 rings (SSSR count). The Kier molecular flexibility index (Phi) is 48.6. The summed E-state index contributed by atoms with van der Waals surface area (Å²) in [4.78, 5) is 51.2. The first-order chi connectivity index (χ1) is 36.6. The second kappa shape index (κ2) is 51.9. The summed E-state index contributed by atoms with van der Waals surface area (Å²) in [6, 6.07) is 0. The fourth-order valence-electron chi connectivity index (χ4n) is 9.65. The first kappa shape index (κ1) is 70.2. The van der Waals surface area contributed by atoms with Crippen molar-refractivity contribution in [3.63, 3.8) is 0 Å². The number of carbonyl (C=O) groups excluding carboxylic acids is 3. The van der Waals surface area contributed by atoms with E-state index in [1.165, 1.54) is 148 Å². The molecule has 0 amide bonds. The Balaban J connectivity index is 2.66. The number of carboxylic acid groups (broad SMARTS) is 1. The van der Waals surface area contributed by atoms with Gasteiger partial charge in [0, 0.05) is 19.3 Å². The molecule has 1 fully saturated rings. The van der Waals surface area contributed by atoms with Gasteiger partial charge in [-0.2, -0.15) is 0 Å². The molecule has 0 aromatic carbocycles. The summed E-state index contributed by atoms with van der Waals surface area (Å²) in [6.45, 7) is 6.00. The predicted molar refractivity (Wildman–Crippen MR) is 303 cm³/mol. The molecule has 12 heteroatoms. The number of allylic oxidation sites excluding steroid dienone is 4. The van der Waals surface area contributed by atoms with Crippen LogP contribution in [0.4, 0.5) is 0 Å². The van der Waals surface area contributed by atoms with Crippen LogP contribution in [0, 0.1) is 0 Å². The van der Waals surface area contributed by atoms with E-state index in [0.29, 0.717) is 19.3 Å². The molecule has 6 atom stereocenters. The highest BCUT2D eigenvalue weighted by molar-refractivity contribution is 5.74. The van der Waals surface area contributed by atoms with Crippen molar-refractivity contribution < 1.29 is 58.2 Å². The lowest BCUT2D eigenvalue weighted by Gasteiger charge is -2.40. The summed E-state index contributed by atoms with van der Waals surface area (Å²) in [6.07, 6.45) is 47.1. The smallest absolute Gasteiger partial charge is 0.335 e. The van der Waals surface area contributed by atoms with Crippen molar-refractivity contribution >= 4 is 23.9 Å². The van der Waals surface area contributed by atoms with E-state index in [1.807, 2.05) is 0 Å². The molecule has 6 unspecified atom stereocenters. The molecule has 0 aliphatic carbocycles. The first-order valence-electron chi connectivity index (χ1n) is 31.3. The Bertz CT molecular complexity index is 1400. The summed E-state index contributed by atoms with van der Waals surface area (Å²) in [7, 11) is 0. The second-order valence-electron chi connectivity index (χ2n) is 21.7. The minimum atomic E-state index is -1.90. The van der Waals surface area contributed by atoms with Crippen molar-refractivity contribution in [2.24, 2.45) is 0 Å². The van der Waals surface area contributed by atoms with Gasteiger partial charge >= 0.3 is 23.9 Å². The number of carbonyl (C=O) groups is 4. The quantitative estimate of drug-likeness (QED) is 0.0228. The zero-order valence-electron chi connectivity index (χ0n) is 48.3. The molecule has 3 N–H and O–H groups in total. The van der Waals surface area contributed by atoms with Crippen LogP contribution < -0.4 is 0 Å². The Labute approximate surface area is 458 Å². The lowest BCUT2D eigenvalue weighted by molar-refractivity contribution is -0.301. The molecule has 0 aromatic rings. The van der Waals surface area contributed by atoms with Crippen LogP contribution in [0.15, 0.2) is 24.3 Å². The van der Waals surface area contributed by atoms with Gasteiger partial charge in [-0.3, -0.25) is 14.4 Å². The van der Waals surface area contributed by atoms with E-state index in [-0.39, 0.29) is 25.9 Å². The van der Waals surface area contributed by atoms with Crippen LogP contribution in [0.5, 0.6) is 0 Å². The molecule has 1 saturated heterocycles. The lowest BCUT2D eigenvalue weighted by atomic mass is 9.98. The lowest BCUT2D eigenvalue weighted by Crippen LogP contribution is -2.61. The largest absolute Gasteiger partial charge is 0.479 e. The van der Waals surface area contributed by atoms with Gasteiger partial charge in [-0.15, -0.1) is 0 Å². The van der Waals surface area contributed by atoms with Crippen LogP contribution in [-0.4, -0.2) is 89.2 Å². The van der Waals surface area contributed by atoms with E-state index < -0.39 is 67.3 Å². The number of hydrogen-bond donors (Lipinski definition) is 3. The van der Waals surface area contributed by atoms with Crippen molar-refractivity contribution in [1.82, 2.24) is 0 Å². The minimum absolute atomic E-state index is 0.0536. The highest BCUT2D eigenvalue weighted by Crippen LogP contribution is 2.27. The fraction of sp³-hybridized carbons (Fsp3) is 0.873. The van der Waals surface area contributed by atoms with Gasteiger partial charge in [0.15, 0.2) is 24.6 Å². The Morgan fingerprint density at radius 1 is 0.427 bits per heavy atom. The van der Waals surface area contributed by atoms with Gasteiger partial charge < -0.3 is 39.0 Å². The molecule has 0 radical (unpaired) electrons. The number of aliphatic carboxylic acids is 1. The van der Waals surface area contributed by atoms with Crippen molar-refractivity contribution in [3.8, 4) is 0 Å². The van der Waals surface area contributed by atoms with Gasteiger partial charge in [0.2, 0.25) is 0 Å². The third-order valence-electron chi connectivity index (χ3n) is 14.5. The van der Waals surface area contributed by atoms with E-state index in [4.69, 9.17) is 23.7 Å². The molecule has 1 aliphatic heterocycles. The van der Waals surface area contributed by atoms with E-state index in [9.17, 15) is 34.5 Å². The number of ether oxygens (including phenoxy) is 5. The maximum Gasteiger partial charge on any atom is 0.335 e. The van der Waals surface area contributed by atoms with Crippen LogP contribution in [-0.2, 0) is 42.9 Å². The van der Waals surface area contributed by atoms with Gasteiger partial charge in [0.1, 0.15) is 18.8 Å². The maximum atomic E-state index is 13.2. The Hall–Kier alpha value is -2.80. The molecular weight excluding hydrogens is 949 g/mol. The standard InChI is InChI=1S/C63H114O12/c1-4-7-10-13-16-19-22-25-27-28-30-32-34-37-40-43-46-49-55(64)71-52-54(73-56(65)50-47-44-41-38-36-33-29-26-23-20-17-14-11-8-5-2)53-72-63-61(59(68)58(67)60(75-63)62(69)70)74-57(66)51-48-45-42-39-35-31-24-21-18-15-12-9-6-3/h21,24,26,29,54,58-61,63,67-68H,4-20,22-23,25,27-28,30-53H2,1-3H3,(H,69,70)/b24-21-,29-26-. The molecule has 0 saturated carbocycles. The number of hydrogen-bond acceptors (Lipinski definition) is 11. The third kappa shape index (κ3) is 41.9. The highest BCUT2D eigenvalue weighted by atomic mass is 16.7. The van der Waals surface area contributed by atoms with Crippen LogP contribution >= 0.6 is 0 Å². The molecular formula is C63H114O12. The summed E-state index contributed by atoms with van der Waals surface area (Å²) in [5.41, 5.74) is 0. The number of aliphatic hydroxyl groups excluding tert-OH is 2. The van der Waals surface area contributed by atoms with Crippen molar-refractivity contribution in [2.45, 2.75) is 340 Å². The Morgan fingerprint density at radius 3 is 1.15 bits per heavy atom. The summed E-state index contributed by atoms with van der Waals surface area (Å²) >= 11 is 0. The molecule has 12 nitrogen and oxygen atoms in total. The normalized spacial score (nSPS) is 18.2. The van der Waals surface area contributed by atoms with Gasteiger partial charge in [0.05, 0.1) is 6.61 Å². The monoisotopic (exact) mass is 1060 g/mol. The van der Waals surface area contributed by atoms with Crippen molar-refractivity contribution in [2.75, 3.05) is 13.2 Å². The van der Waals surface area contributed by atoms with Gasteiger partial charge in [-0.05, 0) is 70.6 Å². The maximum absolute atomic E-state index is 13.2. The van der Waals surface area contributed by atoms with Gasteiger partial charge in [-0.1, -0.05) is 238 Å². The zero-order valence-corrected chi connectivity index (χ0v) is 48.3. The summed E-state index contributed by atoms with van der Waals surface area (Å²) in [5.74, 6) is -3.11. The topological polar surface area (TPSA) is 175 Å². The van der Waals surface area contributed by atoms with Crippen LogP contribution in [0.25, 0.3) is 0 Å². The average molecular weight is 1060 g/mol. The van der Waals surface area contributed by atoms with Gasteiger partial charge in [0.25, 0.3) is 0 Å². The number of rotatable bonds is 54. The molecule has 1 heterocycles. The first-order valence-corrected chi connectivity index (χ1v) is 31.3. The van der Waals surface area contributed by atoms with Crippen molar-refractivity contribution in [3.05, 3.63) is 24.3 Å². The zero-order chi connectivity index (χ0) is 54.7. The van der Waals surface area contributed by atoms with E-state index in [1.54, 1.807) is 0 Å². The summed E-state index contributed by atoms with van der Waals surface area (Å²) in [5, 5.41) is 31.5. The molecule has 0 aromatic heterocycles. The number of aliphatic hydroxyl groups is 2. The van der Waals surface area contributed by atoms with Crippen LogP contribution in [0.2, 0.25) is 0 Å². The SMILES string of the molecule is CCCCCC/C=C\CCCCCCCC(=O)OC1C(OCC(COC(=O)CCCCCCCCCCCCCCCCCCC)OC(=O)CCCCCCC/C=C\CCCCCCCC)OC(C(=O)O)C(O)C1O.